The fourth-order valence-corrected chi connectivity index (χ4v) is 4.51. The molecule has 0 radical (unpaired) electrons. The maximum atomic E-state index is 13.0. The highest BCUT2D eigenvalue weighted by molar-refractivity contribution is 8.06. The van der Waals surface area contributed by atoms with Crippen LogP contribution >= 0.6 is 23.5 Å². The Bertz CT molecular complexity index is 372. The number of halogens is 1. The van der Waals surface area contributed by atoms with Gasteiger partial charge in [-0.2, -0.15) is 23.5 Å². The van der Waals surface area contributed by atoms with Crippen molar-refractivity contribution in [1.82, 2.24) is 5.32 Å². The summed E-state index contributed by atoms with van der Waals surface area (Å²) < 4.78 is 13.0. The molecular formula is C13H18FNOS2. The third kappa shape index (κ3) is 4.46. The molecule has 1 fully saturated rings. The maximum Gasteiger partial charge on any atom is 0.123 e. The van der Waals surface area contributed by atoms with E-state index < -0.39 is 6.10 Å². The predicted molar refractivity (Wildman–Crippen MR) is 77.8 cm³/mol. The van der Waals surface area contributed by atoms with Crippen LogP contribution in [0.15, 0.2) is 24.3 Å². The van der Waals surface area contributed by atoms with Crippen molar-refractivity contribution >= 4 is 23.5 Å². The van der Waals surface area contributed by atoms with Crippen molar-refractivity contribution in [3.63, 3.8) is 0 Å². The lowest BCUT2D eigenvalue weighted by atomic mass is 10.1. The zero-order valence-electron chi connectivity index (χ0n) is 10.1. The number of thioether (sulfide) groups is 2. The van der Waals surface area contributed by atoms with E-state index in [-0.39, 0.29) is 5.82 Å². The molecule has 0 saturated carbocycles. The molecule has 1 aromatic rings. The van der Waals surface area contributed by atoms with Crippen molar-refractivity contribution in [3.8, 4) is 0 Å². The molecule has 0 aliphatic carbocycles. The Morgan fingerprint density at radius 3 is 3.06 bits per heavy atom. The van der Waals surface area contributed by atoms with Crippen LogP contribution in [0.5, 0.6) is 0 Å². The van der Waals surface area contributed by atoms with E-state index in [1.54, 1.807) is 12.1 Å². The molecule has 2 atom stereocenters. The minimum absolute atomic E-state index is 0.300. The fraction of sp³-hybridized carbons (Fsp3) is 0.538. The van der Waals surface area contributed by atoms with Crippen molar-refractivity contribution in [2.75, 3.05) is 30.3 Å². The lowest BCUT2D eigenvalue weighted by Gasteiger charge is -2.22. The molecule has 2 nitrogen and oxygen atoms in total. The van der Waals surface area contributed by atoms with E-state index in [1.807, 2.05) is 23.5 Å². The van der Waals surface area contributed by atoms with Crippen molar-refractivity contribution in [3.05, 3.63) is 35.6 Å². The lowest BCUT2D eigenvalue weighted by molar-refractivity contribution is 0.175. The monoisotopic (exact) mass is 287 g/mol. The quantitative estimate of drug-likeness (QED) is 0.870. The van der Waals surface area contributed by atoms with Gasteiger partial charge in [0.15, 0.2) is 0 Å². The van der Waals surface area contributed by atoms with Gasteiger partial charge < -0.3 is 10.4 Å². The summed E-state index contributed by atoms with van der Waals surface area (Å²) in [5, 5.41) is 13.8. The number of rotatable bonds is 5. The first-order valence-electron chi connectivity index (χ1n) is 6.09. The molecule has 2 unspecified atom stereocenters. The summed E-state index contributed by atoms with van der Waals surface area (Å²) in [6, 6.07) is 6.15. The van der Waals surface area contributed by atoms with E-state index in [0.29, 0.717) is 17.4 Å². The van der Waals surface area contributed by atoms with E-state index in [2.05, 4.69) is 5.32 Å². The van der Waals surface area contributed by atoms with Crippen LogP contribution in [0.25, 0.3) is 0 Å². The number of nitrogens with one attached hydrogen (secondary N) is 1. The summed E-state index contributed by atoms with van der Waals surface area (Å²) in [5.74, 6) is 3.33. The van der Waals surface area contributed by atoms with Crippen LogP contribution in [-0.4, -0.2) is 40.7 Å². The molecule has 0 bridgehead atoms. The summed E-state index contributed by atoms with van der Waals surface area (Å²) in [4.78, 5) is 0. The number of aliphatic hydroxyl groups excluding tert-OH is 1. The molecule has 1 aromatic carbocycles. The van der Waals surface area contributed by atoms with Crippen molar-refractivity contribution in [2.24, 2.45) is 0 Å². The number of hydrogen-bond acceptors (Lipinski definition) is 4. The number of benzene rings is 1. The fourth-order valence-electron chi connectivity index (χ4n) is 1.87. The normalized spacial score (nSPS) is 21.8. The van der Waals surface area contributed by atoms with Crippen LogP contribution in [0.1, 0.15) is 11.7 Å². The Hall–Kier alpha value is -0.230. The van der Waals surface area contributed by atoms with Crippen LogP contribution in [0.4, 0.5) is 4.39 Å². The molecule has 5 heteroatoms. The zero-order valence-corrected chi connectivity index (χ0v) is 11.8. The Morgan fingerprint density at radius 1 is 1.44 bits per heavy atom. The first-order valence-corrected chi connectivity index (χ1v) is 8.29. The Morgan fingerprint density at radius 2 is 2.33 bits per heavy atom. The molecule has 1 saturated heterocycles. The number of aliphatic hydroxyl groups is 1. The molecule has 100 valence electrons. The highest BCUT2D eigenvalue weighted by Crippen LogP contribution is 2.23. The van der Waals surface area contributed by atoms with Crippen LogP contribution in [0.2, 0.25) is 0 Å². The smallest absolute Gasteiger partial charge is 0.123 e. The van der Waals surface area contributed by atoms with Crippen LogP contribution in [-0.2, 0) is 0 Å². The van der Waals surface area contributed by atoms with E-state index in [9.17, 15) is 9.50 Å². The molecule has 2 N–H and O–H groups in total. The van der Waals surface area contributed by atoms with E-state index in [1.165, 1.54) is 29.4 Å². The van der Waals surface area contributed by atoms with Gasteiger partial charge >= 0.3 is 0 Å². The van der Waals surface area contributed by atoms with Crippen LogP contribution < -0.4 is 5.32 Å². The van der Waals surface area contributed by atoms with E-state index in [4.69, 9.17) is 0 Å². The summed E-state index contributed by atoms with van der Waals surface area (Å²) in [7, 11) is 0. The third-order valence-corrected chi connectivity index (χ3v) is 5.67. The lowest BCUT2D eigenvalue weighted by Crippen LogP contribution is -2.31. The van der Waals surface area contributed by atoms with Gasteiger partial charge in [-0.15, -0.1) is 0 Å². The Balaban J connectivity index is 1.72. The summed E-state index contributed by atoms with van der Waals surface area (Å²) >= 11 is 3.98. The third-order valence-electron chi connectivity index (χ3n) is 2.83. The van der Waals surface area contributed by atoms with Gasteiger partial charge in [-0.1, -0.05) is 12.1 Å². The second-order valence-corrected chi connectivity index (χ2v) is 6.85. The van der Waals surface area contributed by atoms with Gasteiger partial charge in [0, 0.05) is 35.6 Å². The molecule has 1 aliphatic heterocycles. The summed E-state index contributed by atoms with van der Waals surface area (Å²) in [5.41, 5.74) is 0.633. The average molecular weight is 287 g/mol. The minimum atomic E-state index is -0.637. The summed E-state index contributed by atoms with van der Waals surface area (Å²) in [6.45, 7) is 1.38. The number of hydrogen-bond donors (Lipinski definition) is 2. The Kier molecular flexibility index (Phi) is 5.82. The second-order valence-electron chi connectivity index (χ2n) is 4.30. The largest absolute Gasteiger partial charge is 0.387 e. The van der Waals surface area contributed by atoms with Gasteiger partial charge in [-0.25, -0.2) is 4.39 Å². The topological polar surface area (TPSA) is 32.3 Å². The molecule has 1 heterocycles. The van der Waals surface area contributed by atoms with Crippen molar-refractivity contribution < 1.29 is 9.50 Å². The first kappa shape index (κ1) is 14.2. The van der Waals surface area contributed by atoms with Crippen LogP contribution in [0, 0.1) is 5.82 Å². The highest BCUT2D eigenvalue weighted by Gasteiger charge is 2.14. The van der Waals surface area contributed by atoms with Gasteiger partial charge in [0.25, 0.3) is 0 Å². The molecular weight excluding hydrogens is 269 g/mol. The van der Waals surface area contributed by atoms with Gasteiger partial charge in [0.05, 0.1) is 6.10 Å². The predicted octanol–water partition coefficient (Wildman–Crippen LogP) is 2.30. The average Bonchev–Trinajstić information content (AvgIpc) is 2.40. The van der Waals surface area contributed by atoms with Gasteiger partial charge in [-0.3, -0.25) is 0 Å². The molecule has 0 amide bonds. The maximum absolute atomic E-state index is 13.0. The molecule has 0 aromatic heterocycles. The molecule has 0 spiro atoms. The van der Waals surface area contributed by atoms with Crippen LogP contribution in [0.3, 0.4) is 0 Å². The molecule has 2 rings (SSSR count). The SMILES string of the molecule is OC(CNCC1CSCCS1)c1cccc(F)c1. The highest BCUT2D eigenvalue weighted by atomic mass is 32.2. The van der Waals surface area contributed by atoms with Gasteiger partial charge in [0.1, 0.15) is 5.82 Å². The van der Waals surface area contributed by atoms with Gasteiger partial charge in [-0.05, 0) is 17.7 Å². The van der Waals surface area contributed by atoms with Crippen molar-refractivity contribution in [1.29, 1.82) is 0 Å². The first-order chi connectivity index (χ1) is 8.75. The minimum Gasteiger partial charge on any atom is -0.387 e. The second kappa shape index (κ2) is 7.38. The molecule has 18 heavy (non-hydrogen) atoms. The Labute approximate surface area is 116 Å². The van der Waals surface area contributed by atoms with Crippen molar-refractivity contribution in [2.45, 2.75) is 11.4 Å². The standard InChI is InChI=1S/C13H18FNOS2/c14-11-3-1-2-10(6-11)13(16)8-15-7-12-9-17-4-5-18-12/h1-3,6,12-13,15-16H,4-5,7-9H2. The molecule has 1 aliphatic rings. The summed E-state index contributed by atoms with van der Waals surface area (Å²) in [6.07, 6.45) is -0.637. The van der Waals surface area contributed by atoms with E-state index >= 15 is 0 Å². The van der Waals surface area contributed by atoms with Gasteiger partial charge in [0.2, 0.25) is 0 Å². The van der Waals surface area contributed by atoms with E-state index in [0.717, 1.165) is 6.54 Å². The zero-order chi connectivity index (χ0) is 12.8.